The van der Waals surface area contributed by atoms with Crippen molar-refractivity contribution < 1.29 is 9.53 Å². The summed E-state index contributed by atoms with van der Waals surface area (Å²) in [6, 6.07) is 9.07. The number of rotatable bonds is 5. The first-order valence-corrected chi connectivity index (χ1v) is 7.98. The number of nitrogens with one attached hydrogen (secondary N) is 1. The zero-order chi connectivity index (χ0) is 15.0. The molecule has 0 spiro atoms. The molecule has 0 aromatic heterocycles. The van der Waals surface area contributed by atoms with E-state index < -0.39 is 5.97 Å². The lowest BCUT2D eigenvalue weighted by atomic mass is 10.2. The standard InChI is InChI=1S/C13H15N3O2S2/c1-9(2)16-20-19-12(8-14)15-11-7-5-4-6-10(11)13(17)18-3/h4-7,9,16H,1-3H3. The molecule has 0 unspecified atom stereocenters. The van der Waals surface area contributed by atoms with Gasteiger partial charge < -0.3 is 4.74 Å². The number of hydrogen-bond acceptors (Lipinski definition) is 7. The van der Waals surface area contributed by atoms with Crippen molar-refractivity contribution in [1.82, 2.24) is 4.72 Å². The average Bonchev–Trinajstić information content (AvgIpc) is 2.45. The fourth-order valence-corrected chi connectivity index (χ4v) is 2.86. The van der Waals surface area contributed by atoms with E-state index in [2.05, 4.69) is 14.5 Å². The van der Waals surface area contributed by atoms with Crippen LogP contribution in [0.3, 0.4) is 0 Å². The molecule has 0 aliphatic heterocycles. The second-order valence-corrected chi connectivity index (χ2v) is 5.93. The summed E-state index contributed by atoms with van der Waals surface area (Å²) < 4.78 is 7.79. The van der Waals surface area contributed by atoms with Crippen LogP contribution >= 0.6 is 21.8 Å². The number of ether oxygens (including phenoxy) is 1. The van der Waals surface area contributed by atoms with Crippen molar-refractivity contribution in [2.24, 2.45) is 4.99 Å². The maximum absolute atomic E-state index is 11.6. The lowest BCUT2D eigenvalue weighted by molar-refractivity contribution is 0.0601. The largest absolute Gasteiger partial charge is 0.465 e. The van der Waals surface area contributed by atoms with Gasteiger partial charge in [0.25, 0.3) is 0 Å². The van der Waals surface area contributed by atoms with Crippen molar-refractivity contribution >= 4 is 38.5 Å². The van der Waals surface area contributed by atoms with Crippen molar-refractivity contribution in [3.63, 3.8) is 0 Å². The van der Waals surface area contributed by atoms with Gasteiger partial charge in [0.1, 0.15) is 6.07 Å². The molecule has 1 aromatic rings. The Kier molecular flexibility index (Phi) is 7.15. The fourth-order valence-electron chi connectivity index (χ4n) is 1.19. The van der Waals surface area contributed by atoms with Crippen LogP contribution < -0.4 is 4.72 Å². The molecule has 0 amide bonds. The van der Waals surface area contributed by atoms with Gasteiger partial charge in [-0.15, -0.1) is 0 Å². The highest BCUT2D eigenvalue weighted by atomic mass is 33.1. The molecule has 0 aliphatic rings. The first-order valence-electron chi connectivity index (χ1n) is 5.83. The second-order valence-electron chi connectivity index (χ2n) is 3.98. The summed E-state index contributed by atoms with van der Waals surface area (Å²) >= 11 is 0. The third kappa shape index (κ3) is 5.25. The van der Waals surface area contributed by atoms with Gasteiger partial charge in [0.15, 0.2) is 5.04 Å². The molecule has 0 atom stereocenters. The molecule has 0 saturated carbocycles. The molecule has 106 valence electrons. The summed E-state index contributed by atoms with van der Waals surface area (Å²) in [4.78, 5) is 15.8. The molecule has 5 nitrogen and oxygen atoms in total. The van der Waals surface area contributed by atoms with Crippen molar-refractivity contribution in [2.45, 2.75) is 19.9 Å². The van der Waals surface area contributed by atoms with Crippen molar-refractivity contribution in [2.75, 3.05) is 7.11 Å². The third-order valence-corrected chi connectivity index (χ3v) is 4.04. The third-order valence-electron chi connectivity index (χ3n) is 2.03. The topological polar surface area (TPSA) is 74.5 Å². The Morgan fingerprint density at radius 1 is 1.45 bits per heavy atom. The van der Waals surface area contributed by atoms with Crippen LogP contribution in [0.5, 0.6) is 0 Å². The van der Waals surface area contributed by atoms with E-state index in [4.69, 9.17) is 5.26 Å². The van der Waals surface area contributed by atoms with Crippen molar-refractivity contribution in [3.05, 3.63) is 29.8 Å². The van der Waals surface area contributed by atoms with Gasteiger partial charge in [-0.3, -0.25) is 4.72 Å². The molecule has 20 heavy (non-hydrogen) atoms. The molecule has 1 aromatic carbocycles. The van der Waals surface area contributed by atoms with Crippen LogP contribution in [0.2, 0.25) is 0 Å². The molecule has 7 heteroatoms. The highest BCUT2D eigenvalue weighted by molar-refractivity contribution is 8.81. The molecular formula is C13H15N3O2S2. The zero-order valence-electron chi connectivity index (χ0n) is 11.4. The van der Waals surface area contributed by atoms with E-state index >= 15 is 0 Å². The summed E-state index contributed by atoms with van der Waals surface area (Å²) in [5, 5.41) is 9.34. The normalized spacial score (nSPS) is 11.2. The van der Waals surface area contributed by atoms with E-state index in [1.807, 2.05) is 19.9 Å². The molecule has 1 N–H and O–H groups in total. The highest BCUT2D eigenvalue weighted by Gasteiger charge is 2.11. The van der Waals surface area contributed by atoms with Crippen molar-refractivity contribution in [3.8, 4) is 6.07 Å². The highest BCUT2D eigenvalue weighted by Crippen LogP contribution is 2.25. The van der Waals surface area contributed by atoms with Gasteiger partial charge in [0.2, 0.25) is 0 Å². The predicted molar refractivity (Wildman–Crippen MR) is 83.9 cm³/mol. The first kappa shape index (κ1) is 16.6. The number of methoxy groups -OCH3 is 1. The van der Waals surface area contributed by atoms with E-state index in [1.54, 1.807) is 24.3 Å². The molecule has 0 fully saturated rings. The molecule has 0 aliphatic carbocycles. The fraction of sp³-hybridized carbons (Fsp3) is 0.308. The number of hydrogen-bond donors (Lipinski definition) is 1. The van der Waals surface area contributed by atoms with E-state index in [0.29, 0.717) is 17.3 Å². The maximum Gasteiger partial charge on any atom is 0.340 e. The van der Waals surface area contributed by atoms with Crippen LogP contribution in [0.15, 0.2) is 29.3 Å². The molecule has 1 rings (SSSR count). The Bertz CT molecular complexity index is 539. The number of carbonyl (C=O) groups excluding carboxylic acids is 1. The van der Waals surface area contributed by atoms with E-state index in [-0.39, 0.29) is 5.04 Å². The van der Waals surface area contributed by atoms with Crippen LogP contribution in [-0.2, 0) is 4.74 Å². The Morgan fingerprint density at radius 2 is 2.15 bits per heavy atom. The van der Waals surface area contributed by atoms with E-state index in [0.717, 1.165) is 0 Å². The Morgan fingerprint density at radius 3 is 2.75 bits per heavy atom. The summed E-state index contributed by atoms with van der Waals surface area (Å²) in [5.41, 5.74) is 0.763. The summed E-state index contributed by atoms with van der Waals surface area (Å²) in [6.07, 6.45) is 0. The minimum atomic E-state index is -0.473. The molecule has 0 radical (unpaired) electrons. The lowest BCUT2D eigenvalue weighted by Gasteiger charge is -2.06. The van der Waals surface area contributed by atoms with Gasteiger partial charge in [-0.1, -0.05) is 12.1 Å². The second kappa shape index (κ2) is 8.64. The predicted octanol–water partition coefficient (Wildman–Crippen LogP) is 3.32. The van der Waals surface area contributed by atoms with Crippen LogP contribution in [0.1, 0.15) is 24.2 Å². The number of aliphatic imine (C=N–C) groups is 1. The van der Waals surface area contributed by atoms with Crippen LogP contribution in [0, 0.1) is 11.3 Å². The Hall–Kier alpha value is -1.49. The van der Waals surface area contributed by atoms with E-state index in [9.17, 15) is 4.79 Å². The summed E-state index contributed by atoms with van der Waals surface area (Å²) in [7, 11) is 3.86. The van der Waals surface area contributed by atoms with Gasteiger partial charge in [0, 0.05) is 6.04 Å². The maximum atomic E-state index is 11.6. The lowest BCUT2D eigenvalue weighted by Crippen LogP contribution is -2.12. The van der Waals surface area contributed by atoms with E-state index in [1.165, 1.54) is 28.9 Å². The average molecular weight is 309 g/mol. The van der Waals surface area contributed by atoms with Crippen LogP contribution in [0.4, 0.5) is 5.69 Å². The number of nitriles is 1. The molecule has 0 heterocycles. The smallest absolute Gasteiger partial charge is 0.340 e. The Balaban J connectivity index is 2.90. The Labute approximate surface area is 126 Å². The summed E-state index contributed by atoms with van der Waals surface area (Å²) in [5.74, 6) is -0.473. The number of para-hydroxylation sites is 1. The molecular weight excluding hydrogens is 294 g/mol. The SMILES string of the molecule is COC(=O)c1ccccc1N=C(C#N)SSNC(C)C. The number of carbonyl (C=O) groups is 1. The van der Waals surface area contributed by atoms with Gasteiger partial charge >= 0.3 is 5.97 Å². The number of esters is 1. The number of nitrogens with zero attached hydrogens (tertiary/aromatic N) is 2. The van der Waals surface area contributed by atoms with Gasteiger partial charge in [-0.25, -0.2) is 9.79 Å². The quantitative estimate of drug-likeness (QED) is 0.296. The van der Waals surface area contributed by atoms with Crippen molar-refractivity contribution in [1.29, 1.82) is 5.26 Å². The van der Waals surface area contributed by atoms with Gasteiger partial charge in [0.05, 0.1) is 18.4 Å². The molecule has 0 saturated heterocycles. The number of benzene rings is 1. The molecule has 0 bridgehead atoms. The zero-order valence-corrected chi connectivity index (χ0v) is 13.0. The first-order chi connectivity index (χ1) is 9.58. The monoisotopic (exact) mass is 309 g/mol. The van der Waals surface area contributed by atoms with Crippen LogP contribution in [-0.4, -0.2) is 24.2 Å². The minimum absolute atomic E-state index is 0.263. The minimum Gasteiger partial charge on any atom is -0.465 e. The summed E-state index contributed by atoms with van der Waals surface area (Å²) in [6.45, 7) is 4.01. The van der Waals surface area contributed by atoms with Gasteiger partial charge in [-0.05, 0) is 47.8 Å². The van der Waals surface area contributed by atoms with Crippen LogP contribution in [0.25, 0.3) is 0 Å². The van der Waals surface area contributed by atoms with Gasteiger partial charge in [-0.2, -0.15) is 5.26 Å².